The third-order valence-corrected chi connectivity index (χ3v) is 1.75. The fraction of sp³-hybridized carbons (Fsp3) is 0.375. The van der Waals surface area contributed by atoms with Gasteiger partial charge in [0.2, 0.25) is 5.28 Å². The van der Waals surface area contributed by atoms with Crippen molar-refractivity contribution in [3.05, 3.63) is 22.7 Å². The fourth-order valence-corrected chi connectivity index (χ4v) is 1.14. The SMILES string of the molecule is CCN(O)C(=O)c1cc(C)nc(Cl)n1. The summed E-state index contributed by atoms with van der Waals surface area (Å²) in [6, 6.07) is 1.47. The van der Waals surface area contributed by atoms with Crippen molar-refractivity contribution in [1.29, 1.82) is 0 Å². The number of hydroxylamine groups is 2. The summed E-state index contributed by atoms with van der Waals surface area (Å²) in [6.07, 6.45) is 0. The van der Waals surface area contributed by atoms with Gasteiger partial charge in [0.05, 0.1) is 0 Å². The van der Waals surface area contributed by atoms with Crippen LogP contribution in [0.25, 0.3) is 0 Å². The third-order valence-electron chi connectivity index (χ3n) is 1.58. The lowest BCUT2D eigenvalue weighted by Crippen LogP contribution is -2.28. The van der Waals surface area contributed by atoms with Crippen LogP contribution in [0.1, 0.15) is 23.1 Å². The van der Waals surface area contributed by atoms with Crippen LogP contribution >= 0.6 is 11.6 Å². The molecule has 0 aliphatic rings. The van der Waals surface area contributed by atoms with Crippen molar-refractivity contribution in [2.24, 2.45) is 0 Å². The molecule has 0 saturated heterocycles. The Bertz CT molecular complexity index is 336. The highest BCUT2D eigenvalue weighted by Gasteiger charge is 2.14. The van der Waals surface area contributed by atoms with Crippen LogP contribution in [0.3, 0.4) is 0 Å². The Hall–Kier alpha value is -1.20. The number of carbonyl (C=O) groups excluding carboxylic acids is 1. The number of amides is 1. The van der Waals surface area contributed by atoms with Gasteiger partial charge in [0, 0.05) is 12.2 Å². The predicted molar refractivity (Wildman–Crippen MR) is 50.3 cm³/mol. The van der Waals surface area contributed by atoms with E-state index in [0.29, 0.717) is 10.8 Å². The van der Waals surface area contributed by atoms with E-state index in [1.54, 1.807) is 13.8 Å². The van der Waals surface area contributed by atoms with E-state index in [-0.39, 0.29) is 17.5 Å². The zero-order valence-electron chi connectivity index (χ0n) is 7.86. The van der Waals surface area contributed by atoms with E-state index in [2.05, 4.69) is 9.97 Å². The van der Waals surface area contributed by atoms with Crippen LogP contribution < -0.4 is 0 Å². The monoisotopic (exact) mass is 215 g/mol. The standard InChI is InChI=1S/C8H10ClN3O2/c1-3-12(14)7(13)6-4-5(2)10-8(9)11-6/h4,14H,3H2,1-2H3. The molecular formula is C8H10ClN3O2. The first-order valence-corrected chi connectivity index (χ1v) is 4.44. The second-order valence-corrected chi connectivity index (χ2v) is 3.02. The summed E-state index contributed by atoms with van der Waals surface area (Å²) >= 11 is 5.57. The van der Waals surface area contributed by atoms with Crippen molar-refractivity contribution in [2.75, 3.05) is 6.54 Å². The van der Waals surface area contributed by atoms with E-state index >= 15 is 0 Å². The smallest absolute Gasteiger partial charge is 0.286 e. The number of aromatic nitrogens is 2. The van der Waals surface area contributed by atoms with Crippen molar-refractivity contribution in [3.63, 3.8) is 0 Å². The Labute approximate surface area is 86.3 Å². The largest absolute Gasteiger partial charge is 0.295 e. The summed E-state index contributed by atoms with van der Waals surface area (Å²) in [5.41, 5.74) is 0.671. The van der Waals surface area contributed by atoms with Gasteiger partial charge in [-0.3, -0.25) is 10.0 Å². The molecule has 1 amide bonds. The van der Waals surface area contributed by atoms with E-state index in [1.165, 1.54) is 6.07 Å². The van der Waals surface area contributed by atoms with Gasteiger partial charge in [-0.05, 0) is 31.5 Å². The minimum Gasteiger partial charge on any atom is -0.286 e. The average Bonchev–Trinajstić information content (AvgIpc) is 2.14. The first-order valence-electron chi connectivity index (χ1n) is 4.06. The lowest BCUT2D eigenvalue weighted by atomic mass is 10.3. The molecule has 1 heterocycles. The summed E-state index contributed by atoms with van der Waals surface area (Å²) in [7, 11) is 0. The second kappa shape index (κ2) is 4.34. The molecule has 0 spiro atoms. The number of halogens is 1. The van der Waals surface area contributed by atoms with Crippen molar-refractivity contribution >= 4 is 17.5 Å². The highest BCUT2D eigenvalue weighted by molar-refractivity contribution is 6.28. The third kappa shape index (κ3) is 2.40. The van der Waals surface area contributed by atoms with Crippen molar-refractivity contribution in [2.45, 2.75) is 13.8 Å². The van der Waals surface area contributed by atoms with Crippen LogP contribution in [-0.2, 0) is 0 Å². The molecule has 76 valence electrons. The topological polar surface area (TPSA) is 66.3 Å². The van der Waals surface area contributed by atoms with Crippen LogP contribution in [0.15, 0.2) is 6.07 Å². The number of hydrogen-bond acceptors (Lipinski definition) is 4. The molecule has 0 radical (unpaired) electrons. The maximum Gasteiger partial charge on any atom is 0.295 e. The Morgan fingerprint density at radius 2 is 2.29 bits per heavy atom. The Morgan fingerprint density at radius 1 is 1.64 bits per heavy atom. The van der Waals surface area contributed by atoms with Crippen molar-refractivity contribution < 1.29 is 10.0 Å². The molecular weight excluding hydrogens is 206 g/mol. The van der Waals surface area contributed by atoms with Crippen molar-refractivity contribution in [3.8, 4) is 0 Å². The zero-order chi connectivity index (χ0) is 10.7. The predicted octanol–water partition coefficient (Wildman–Crippen LogP) is 1.29. The van der Waals surface area contributed by atoms with E-state index < -0.39 is 5.91 Å². The maximum absolute atomic E-state index is 11.4. The average molecular weight is 216 g/mol. The molecule has 1 N–H and O–H groups in total. The highest BCUT2D eigenvalue weighted by atomic mass is 35.5. The molecule has 5 nitrogen and oxygen atoms in total. The molecule has 0 aliphatic carbocycles. The van der Waals surface area contributed by atoms with Gasteiger partial charge in [0.15, 0.2) is 0 Å². The molecule has 0 aliphatic heterocycles. The van der Waals surface area contributed by atoms with Gasteiger partial charge in [-0.15, -0.1) is 0 Å². The molecule has 0 atom stereocenters. The summed E-state index contributed by atoms with van der Waals surface area (Å²) in [4.78, 5) is 18.9. The van der Waals surface area contributed by atoms with Crippen LogP contribution in [-0.4, -0.2) is 32.7 Å². The summed E-state index contributed by atoms with van der Waals surface area (Å²) < 4.78 is 0. The summed E-state index contributed by atoms with van der Waals surface area (Å²) in [5.74, 6) is -0.583. The van der Waals surface area contributed by atoms with E-state index in [9.17, 15) is 4.79 Å². The van der Waals surface area contributed by atoms with Crippen LogP contribution in [0.2, 0.25) is 5.28 Å². The number of rotatable bonds is 2. The normalized spacial score (nSPS) is 10.0. The zero-order valence-corrected chi connectivity index (χ0v) is 8.62. The molecule has 1 aromatic heterocycles. The molecule has 0 fully saturated rings. The lowest BCUT2D eigenvalue weighted by Gasteiger charge is -2.11. The van der Waals surface area contributed by atoms with Crippen LogP contribution in [0.4, 0.5) is 0 Å². The Kier molecular flexibility index (Phi) is 3.38. The fourth-order valence-electron chi connectivity index (χ4n) is 0.918. The summed E-state index contributed by atoms with van der Waals surface area (Å²) in [5, 5.41) is 9.71. The molecule has 1 aromatic rings. The number of carbonyl (C=O) groups is 1. The molecule has 0 unspecified atom stereocenters. The van der Waals surface area contributed by atoms with Gasteiger partial charge in [-0.25, -0.2) is 15.0 Å². The molecule has 14 heavy (non-hydrogen) atoms. The highest BCUT2D eigenvalue weighted by Crippen LogP contribution is 2.07. The molecule has 0 bridgehead atoms. The van der Waals surface area contributed by atoms with Crippen LogP contribution in [0, 0.1) is 6.92 Å². The second-order valence-electron chi connectivity index (χ2n) is 2.68. The van der Waals surface area contributed by atoms with Gasteiger partial charge in [-0.1, -0.05) is 0 Å². The van der Waals surface area contributed by atoms with E-state index in [1.807, 2.05) is 0 Å². The van der Waals surface area contributed by atoms with Gasteiger partial charge < -0.3 is 0 Å². The van der Waals surface area contributed by atoms with E-state index in [4.69, 9.17) is 16.8 Å². The molecule has 0 aromatic carbocycles. The minimum atomic E-state index is -0.583. The maximum atomic E-state index is 11.4. The first kappa shape index (κ1) is 10.9. The number of aryl methyl sites for hydroxylation is 1. The lowest BCUT2D eigenvalue weighted by molar-refractivity contribution is -0.0546. The minimum absolute atomic E-state index is 0.00199. The van der Waals surface area contributed by atoms with Crippen LogP contribution in [0.5, 0.6) is 0 Å². The van der Waals surface area contributed by atoms with Gasteiger partial charge >= 0.3 is 0 Å². The number of nitrogens with zero attached hydrogens (tertiary/aromatic N) is 3. The Balaban J connectivity index is 3.01. The Morgan fingerprint density at radius 3 is 2.79 bits per heavy atom. The summed E-state index contributed by atoms with van der Waals surface area (Å²) in [6.45, 7) is 3.53. The molecule has 0 saturated carbocycles. The number of hydrogen-bond donors (Lipinski definition) is 1. The molecule has 6 heteroatoms. The van der Waals surface area contributed by atoms with E-state index in [0.717, 1.165) is 0 Å². The van der Waals surface area contributed by atoms with Gasteiger partial charge in [0.25, 0.3) is 5.91 Å². The van der Waals surface area contributed by atoms with Gasteiger partial charge in [-0.2, -0.15) is 0 Å². The van der Waals surface area contributed by atoms with Crippen molar-refractivity contribution in [1.82, 2.24) is 15.0 Å². The molecule has 1 rings (SSSR count). The quantitative estimate of drug-likeness (QED) is 0.459. The first-order chi connectivity index (χ1) is 6.54. The van der Waals surface area contributed by atoms with Gasteiger partial charge in [0.1, 0.15) is 5.69 Å².